The molecule has 3 aromatic rings. The van der Waals surface area contributed by atoms with Gasteiger partial charge in [0.1, 0.15) is 11.5 Å². The number of methoxy groups -OCH3 is 1. The number of rotatable bonds is 5. The molecule has 0 aliphatic heterocycles. The number of fused-ring (bicyclic) bond motifs is 1. The summed E-state index contributed by atoms with van der Waals surface area (Å²) in [5, 5.41) is 15.1. The van der Waals surface area contributed by atoms with Gasteiger partial charge in [0.05, 0.1) is 7.11 Å². The molecule has 1 amide bonds. The van der Waals surface area contributed by atoms with Crippen LogP contribution in [0.15, 0.2) is 24.3 Å². The van der Waals surface area contributed by atoms with Crippen LogP contribution in [-0.2, 0) is 4.79 Å². The van der Waals surface area contributed by atoms with Crippen molar-refractivity contribution < 1.29 is 14.3 Å². The molecule has 2 heterocycles. The fourth-order valence-electron chi connectivity index (χ4n) is 1.74. The lowest BCUT2D eigenvalue weighted by atomic mass is 10.3. The van der Waals surface area contributed by atoms with Gasteiger partial charge < -0.3 is 9.47 Å². The summed E-state index contributed by atoms with van der Waals surface area (Å²) in [6.07, 6.45) is 0. The Labute approximate surface area is 129 Å². The van der Waals surface area contributed by atoms with Crippen LogP contribution in [0.5, 0.6) is 11.5 Å². The van der Waals surface area contributed by atoms with Gasteiger partial charge in [-0.05, 0) is 31.2 Å². The van der Waals surface area contributed by atoms with E-state index in [1.54, 1.807) is 42.8 Å². The average Bonchev–Trinajstić information content (AvgIpc) is 3.07. The minimum Gasteiger partial charge on any atom is -0.497 e. The molecule has 0 unspecified atom stereocenters. The van der Waals surface area contributed by atoms with Gasteiger partial charge in [-0.3, -0.25) is 10.1 Å². The number of benzene rings is 1. The summed E-state index contributed by atoms with van der Waals surface area (Å²) in [7, 11) is 1.59. The van der Waals surface area contributed by atoms with Crippen LogP contribution in [-0.4, -0.2) is 39.4 Å². The third-order valence-corrected chi connectivity index (χ3v) is 3.64. The standard InChI is InChI=1S/C13H13N5O3S/c1-8-15-16-13-18(8)17-12(22-13)14-11(19)7-21-10-5-3-9(20-2)4-6-10/h3-6H,7H2,1-2H3,(H,14,17,19). The monoisotopic (exact) mass is 319 g/mol. The van der Waals surface area contributed by atoms with E-state index >= 15 is 0 Å². The highest BCUT2D eigenvalue weighted by molar-refractivity contribution is 7.20. The zero-order chi connectivity index (χ0) is 15.5. The first kappa shape index (κ1) is 14.3. The number of amides is 1. The fourth-order valence-corrected chi connectivity index (χ4v) is 2.54. The van der Waals surface area contributed by atoms with Crippen molar-refractivity contribution in [1.29, 1.82) is 0 Å². The maximum atomic E-state index is 11.9. The zero-order valence-corrected chi connectivity index (χ0v) is 12.8. The Balaban J connectivity index is 1.57. The lowest BCUT2D eigenvalue weighted by Crippen LogP contribution is -2.20. The van der Waals surface area contributed by atoms with Crippen LogP contribution < -0.4 is 14.8 Å². The van der Waals surface area contributed by atoms with Gasteiger partial charge >= 0.3 is 0 Å². The molecular formula is C13H13N5O3S. The summed E-state index contributed by atoms with van der Waals surface area (Å²) in [4.78, 5) is 12.5. The van der Waals surface area contributed by atoms with Crippen LogP contribution in [0.1, 0.15) is 5.82 Å². The molecule has 9 heteroatoms. The van der Waals surface area contributed by atoms with E-state index in [1.165, 1.54) is 11.3 Å². The van der Waals surface area contributed by atoms with Gasteiger partial charge in [0.25, 0.3) is 5.91 Å². The highest BCUT2D eigenvalue weighted by Gasteiger charge is 2.11. The fraction of sp³-hybridized carbons (Fsp3) is 0.231. The van der Waals surface area contributed by atoms with E-state index in [9.17, 15) is 4.79 Å². The quantitative estimate of drug-likeness (QED) is 0.767. The molecule has 3 rings (SSSR count). The molecule has 114 valence electrons. The van der Waals surface area contributed by atoms with Crippen LogP contribution >= 0.6 is 11.3 Å². The van der Waals surface area contributed by atoms with Crippen LogP contribution in [0.2, 0.25) is 0 Å². The number of nitrogens with zero attached hydrogens (tertiary/aromatic N) is 4. The molecule has 1 aromatic carbocycles. The summed E-state index contributed by atoms with van der Waals surface area (Å²) in [5.74, 6) is 1.69. The van der Waals surface area contributed by atoms with Crippen molar-refractivity contribution in [3.05, 3.63) is 30.1 Å². The first-order valence-electron chi connectivity index (χ1n) is 6.41. The Bertz CT molecular complexity index is 796. The topological polar surface area (TPSA) is 90.6 Å². The lowest BCUT2D eigenvalue weighted by Gasteiger charge is -2.06. The predicted molar refractivity (Wildman–Crippen MR) is 80.5 cm³/mol. The van der Waals surface area contributed by atoms with E-state index in [0.29, 0.717) is 21.7 Å². The Kier molecular flexibility index (Phi) is 3.88. The first-order valence-corrected chi connectivity index (χ1v) is 7.23. The number of hydrogen-bond donors (Lipinski definition) is 1. The molecule has 0 fully saturated rings. The van der Waals surface area contributed by atoms with Crippen molar-refractivity contribution >= 4 is 27.3 Å². The van der Waals surface area contributed by atoms with Gasteiger partial charge in [-0.2, -0.15) is 4.52 Å². The first-order chi connectivity index (χ1) is 10.7. The Morgan fingerprint density at radius 2 is 2.00 bits per heavy atom. The van der Waals surface area contributed by atoms with E-state index in [0.717, 1.165) is 5.75 Å². The second-order valence-electron chi connectivity index (χ2n) is 4.36. The van der Waals surface area contributed by atoms with Gasteiger partial charge in [0.2, 0.25) is 10.1 Å². The molecule has 2 aromatic heterocycles. The van der Waals surface area contributed by atoms with Crippen molar-refractivity contribution in [2.75, 3.05) is 19.0 Å². The van der Waals surface area contributed by atoms with Crippen LogP contribution in [0.3, 0.4) is 0 Å². The predicted octanol–water partition coefficient (Wildman–Crippen LogP) is 1.52. The highest BCUT2D eigenvalue weighted by atomic mass is 32.1. The van der Waals surface area contributed by atoms with E-state index in [2.05, 4.69) is 20.6 Å². The molecule has 0 atom stereocenters. The molecule has 1 N–H and O–H groups in total. The van der Waals surface area contributed by atoms with Gasteiger partial charge in [0.15, 0.2) is 12.4 Å². The molecule has 8 nitrogen and oxygen atoms in total. The van der Waals surface area contributed by atoms with Crippen molar-refractivity contribution in [2.24, 2.45) is 0 Å². The molecule has 0 bridgehead atoms. The second-order valence-corrected chi connectivity index (χ2v) is 5.32. The summed E-state index contributed by atoms with van der Waals surface area (Å²) in [5.41, 5.74) is 0. The van der Waals surface area contributed by atoms with E-state index in [4.69, 9.17) is 9.47 Å². The number of carbonyl (C=O) groups is 1. The molecule has 0 saturated heterocycles. The summed E-state index contributed by atoms with van der Waals surface area (Å²) >= 11 is 1.25. The maximum Gasteiger partial charge on any atom is 0.264 e. The highest BCUT2D eigenvalue weighted by Crippen LogP contribution is 2.19. The molecule has 0 radical (unpaired) electrons. The van der Waals surface area contributed by atoms with Crippen molar-refractivity contribution in [3.63, 3.8) is 0 Å². The Morgan fingerprint density at radius 1 is 1.27 bits per heavy atom. The minimum atomic E-state index is -0.293. The number of carbonyl (C=O) groups excluding carboxylic acids is 1. The SMILES string of the molecule is COc1ccc(OCC(=O)Nc2nn3c(C)nnc3s2)cc1. The molecule has 0 aliphatic rings. The van der Waals surface area contributed by atoms with Crippen molar-refractivity contribution in [1.82, 2.24) is 19.8 Å². The van der Waals surface area contributed by atoms with Crippen molar-refractivity contribution in [3.8, 4) is 11.5 Å². The van der Waals surface area contributed by atoms with E-state index in [1.807, 2.05) is 0 Å². The zero-order valence-electron chi connectivity index (χ0n) is 11.9. The number of nitrogens with one attached hydrogen (secondary N) is 1. The summed E-state index contributed by atoms with van der Waals surface area (Å²) < 4.78 is 12.0. The second kappa shape index (κ2) is 5.98. The number of aromatic nitrogens is 4. The van der Waals surface area contributed by atoms with Gasteiger partial charge in [-0.15, -0.1) is 15.3 Å². The third kappa shape index (κ3) is 2.98. The third-order valence-electron chi connectivity index (χ3n) is 2.82. The minimum absolute atomic E-state index is 0.106. The summed E-state index contributed by atoms with van der Waals surface area (Å²) in [6.45, 7) is 1.68. The largest absolute Gasteiger partial charge is 0.497 e. The number of hydrogen-bond acceptors (Lipinski definition) is 7. The van der Waals surface area contributed by atoms with Crippen molar-refractivity contribution in [2.45, 2.75) is 6.92 Å². The van der Waals surface area contributed by atoms with Gasteiger partial charge in [0, 0.05) is 0 Å². The van der Waals surface area contributed by atoms with Crippen LogP contribution in [0.25, 0.3) is 4.96 Å². The van der Waals surface area contributed by atoms with Crippen LogP contribution in [0.4, 0.5) is 5.13 Å². The summed E-state index contributed by atoms with van der Waals surface area (Å²) in [6, 6.07) is 6.99. The smallest absolute Gasteiger partial charge is 0.264 e. The van der Waals surface area contributed by atoms with Crippen LogP contribution in [0, 0.1) is 6.92 Å². The normalized spacial score (nSPS) is 10.6. The molecule has 0 spiro atoms. The number of ether oxygens (including phenoxy) is 2. The number of anilines is 1. The maximum absolute atomic E-state index is 11.9. The van der Waals surface area contributed by atoms with Gasteiger partial charge in [-0.1, -0.05) is 11.3 Å². The Hall–Kier alpha value is -2.68. The number of aryl methyl sites for hydroxylation is 1. The average molecular weight is 319 g/mol. The van der Waals surface area contributed by atoms with E-state index in [-0.39, 0.29) is 12.5 Å². The van der Waals surface area contributed by atoms with E-state index < -0.39 is 0 Å². The Morgan fingerprint density at radius 3 is 2.68 bits per heavy atom. The molecule has 0 saturated carbocycles. The van der Waals surface area contributed by atoms with Gasteiger partial charge in [-0.25, -0.2) is 0 Å². The lowest BCUT2D eigenvalue weighted by molar-refractivity contribution is -0.118. The molecular weight excluding hydrogens is 306 g/mol. The molecule has 22 heavy (non-hydrogen) atoms. The molecule has 0 aliphatic carbocycles.